The smallest absolute Gasteiger partial charge is 0.255 e. The molecule has 34 heavy (non-hydrogen) atoms. The number of hydrogen-bond donors (Lipinski definition) is 1. The summed E-state index contributed by atoms with van der Waals surface area (Å²) in [5.74, 6) is 1.37. The first-order chi connectivity index (χ1) is 16.5. The number of rotatable bonds is 5. The predicted molar refractivity (Wildman–Crippen MR) is 132 cm³/mol. The van der Waals surface area contributed by atoms with Gasteiger partial charge in [0.25, 0.3) is 11.8 Å². The van der Waals surface area contributed by atoms with E-state index >= 15 is 0 Å². The number of nitrogens with one attached hydrogen (secondary N) is 1. The predicted octanol–water partition coefficient (Wildman–Crippen LogP) is 5.06. The van der Waals surface area contributed by atoms with Crippen LogP contribution in [0.25, 0.3) is 21.5 Å². The number of carbonyl (C=O) groups excluding carboxylic acids is 2. The van der Waals surface area contributed by atoms with Crippen LogP contribution in [-0.4, -0.2) is 40.8 Å². The first-order valence-corrected chi connectivity index (χ1v) is 12.5. The van der Waals surface area contributed by atoms with E-state index in [9.17, 15) is 9.59 Å². The molecular weight excluding hydrogens is 446 g/mol. The number of hydrogen-bond acceptors (Lipinski definition) is 5. The number of para-hydroxylation sites is 1. The number of thiophene rings is 1. The maximum Gasteiger partial charge on any atom is 0.255 e. The van der Waals surface area contributed by atoms with Gasteiger partial charge in [0.1, 0.15) is 5.52 Å². The van der Waals surface area contributed by atoms with E-state index in [4.69, 9.17) is 4.42 Å². The number of nitrogens with zero attached hydrogens (tertiary/aromatic N) is 2. The number of amides is 2. The van der Waals surface area contributed by atoms with E-state index in [1.54, 1.807) is 24.3 Å². The monoisotopic (exact) mass is 471 g/mol. The Morgan fingerprint density at radius 3 is 2.85 bits per heavy atom. The zero-order valence-electron chi connectivity index (χ0n) is 19.1. The van der Waals surface area contributed by atoms with Crippen molar-refractivity contribution in [3.05, 3.63) is 76.5 Å². The molecule has 3 atom stereocenters. The molecule has 0 radical (unpaired) electrons. The van der Waals surface area contributed by atoms with Gasteiger partial charge in [-0.25, -0.2) is 4.98 Å². The van der Waals surface area contributed by atoms with E-state index < -0.39 is 0 Å². The summed E-state index contributed by atoms with van der Waals surface area (Å²) < 4.78 is 5.66. The van der Waals surface area contributed by atoms with E-state index in [-0.39, 0.29) is 17.9 Å². The Labute approximate surface area is 201 Å². The molecule has 2 aliphatic rings. The molecule has 4 aromatic rings. The molecule has 1 saturated heterocycles. The summed E-state index contributed by atoms with van der Waals surface area (Å²) in [5, 5.41) is 5.05. The number of oxazole rings is 1. The van der Waals surface area contributed by atoms with Crippen LogP contribution in [0.1, 0.15) is 38.6 Å². The van der Waals surface area contributed by atoms with E-state index in [1.165, 1.54) is 5.56 Å². The standard InChI is InChI=1S/C27H25N3O3S/c1-15-5-3-6-17(11-15)25-20(9-10-34-25)27(32)30-14-18-12-21(18)23(30)13-28-26(31)19-7-4-8-22-24(19)33-16(2)29-22/h3-11,18,21,23H,12-14H2,1-2H3,(H,28,31)/t18-,21-,23+/m0/s1. The number of benzene rings is 2. The van der Waals surface area contributed by atoms with Crippen molar-refractivity contribution >= 4 is 34.3 Å². The lowest BCUT2D eigenvalue weighted by Gasteiger charge is -2.28. The zero-order valence-corrected chi connectivity index (χ0v) is 19.9. The van der Waals surface area contributed by atoms with Gasteiger partial charge in [0.05, 0.1) is 17.2 Å². The molecule has 2 aromatic heterocycles. The summed E-state index contributed by atoms with van der Waals surface area (Å²) in [6.07, 6.45) is 1.12. The molecule has 0 bridgehead atoms. The Bertz CT molecular complexity index is 1420. The largest absolute Gasteiger partial charge is 0.440 e. The molecule has 0 unspecified atom stereocenters. The molecule has 1 aliphatic carbocycles. The summed E-state index contributed by atoms with van der Waals surface area (Å²) in [5.41, 5.74) is 4.64. The van der Waals surface area contributed by atoms with Gasteiger partial charge in [-0.15, -0.1) is 11.3 Å². The second kappa shape index (κ2) is 8.09. The van der Waals surface area contributed by atoms with Gasteiger partial charge < -0.3 is 14.6 Å². The third kappa shape index (κ3) is 3.60. The molecule has 1 N–H and O–H groups in total. The molecule has 6 rings (SSSR count). The highest BCUT2D eigenvalue weighted by atomic mass is 32.1. The lowest BCUT2D eigenvalue weighted by atomic mass is 10.1. The third-order valence-electron chi connectivity index (χ3n) is 6.98. The molecule has 3 heterocycles. The van der Waals surface area contributed by atoms with Gasteiger partial charge in [0, 0.05) is 24.9 Å². The molecule has 1 aliphatic heterocycles. The van der Waals surface area contributed by atoms with Gasteiger partial charge in [-0.2, -0.15) is 0 Å². The fourth-order valence-corrected chi connectivity index (χ4v) is 6.13. The Kier molecular flexibility index (Phi) is 5.03. The van der Waals surface area contributed by atoms with Gasteiger partial charge in [-0.05, 0) is 54.3 Å². The van der Waals surface area contributed by atoms with Crippen molar-refractivity contribution < 1.29 is 14.0 Å². The van der Waals surface area contributed by atoms with Crippen LogP contribution in [0.15, 0.2) is 58.3 Å². The zero-order chi connectivity index (χ0) is 23.4. The summed E-state index contributed by atoms with van der Waals surface area (Å²) in [7, 11) is 0. The van der Waals surface area contributed by atoms with Crippen LogP contribution in [0.3, 0.4) is 0 Å². The van der Waals surface area contributed by atoms with Crippen LogP contribution in [0.5, 0.6) is 0 Å². The van der Waals surface area contributed by atoms with Crippen molar-refractivity contribution in [2.75, 3.05) is 13.1 Å². The average molecular weight is 472 g/mol. The highest BCUT2D eigenvalue weighted by Gasteiger charge is 2.54. The molecule has 2 aromatic carbocycles. The SMILES string of the molecule is Cc1cccc(-c2sccc2C(=O)N2C[C@@H]3C[C@@H]3[C@H]2CNC(=O)c2cccc3nc(C)oc23)c1. The number of aromatic nitrogens is 1. The van der Waals surface area contributed by atoms with Crippen molar-refractivity contribution in [1.29, 1.82) is 0 Å². The van der Waals surface area contributed by atoms with Crippen molar-refractivity contribution in [1.82, 2.24) is 15.2 Å². The Hall–Kier alpha value is -3.45. The molecular formula is C27H25N3O3S. The number of aryl methyl sites for hydroxylation is 2. The molecule has 2 amide bonds. The minimum Gasteiger partial charge on any atom is -0.440 e. The highest BCUT2D eigenvalue weighted by molar-refractivity contribution is 7.14. The molecule has 0 spiro atoms. The van der Waals surface area contributed by atoms with Gasteiger partial charge in [-0.1, -0.05) is 35.9 Å². The van der Waals surface area contributed by atoms with E-state index in [0.717, 1.165) is 29.0 Å². The molecule has 2 fully saturated rings. The van der Waals surface area contributed by atoms with Gasteiger partial charge in [-0.3, -0.25) is 9.59 Å². The molecule has 7 heteroatoms. The topological polar surface area (TPSA) is 75.4 Å². The second-order valence-corrected chi connectivity index (χ2v) is 10.2. The lowest BCUT2D eigenvalue weighted by molar-refractivity contribution is 0.0696. The van der Waals surface area contributed by atoms with E-state index in [2.05, 4.69) is 35.4 Å². The van der Waals surface area contributed by atoms with Crippen molar-refractivity contribution in [2.24, 2.45) is 11.8 Å². The van der Waals surface area contributed by atoms with Crippen LogP contribution in [0.4, 0.5) is 0 Å². The second-order valence-electron chi connectivity index (χ2n) is 9.31. The maximum absolute atomic E-state index is 13.7. The Morgan fingerprint density at radius 1 is 1.15 bits per heavy atom. The number of fused-ring (bicyclic) bond motifs is 2. The van der Waals surface area contributed by atoms with Gasteiger partial charge in [0.15, 0.2) is 11.5 Å². The lowest BCUT2D eigenvalue weighted by Crippen LogP contribution is -2.45. The van der Waals surface area contributed by atoms with E-state index in [0.29, 0.717) is 40.9 Å². The summed E-state index contributed by atoms with van der Waals surface area (Å²) in [6.45, 7) is 5.02. The van der Waals surface area contributed by atoms with Crippen molar-refractivity contribution in [3.8, 4) is 10.4 Å². The Balaban J connectivity index is 1.21. The minimum absolute atomic E-state index is 0.00220. The Morgan fingerprint density at radius 2 is 2.00 bits per heavy atom. The molecule has 6 nitrogen and oxygen atoms in total. The van der Waals surface area contributed by atoms with Gasteiger partial charge >= 0.3 is 0 Å². The fraction of sp³-hybridized carbons (Fsp3) is 0.296. The maximum atomic E-state index is 13.7. The minimum atomic E-state index is -0.200. The van der Waals surface area contributed by atoms with E-state index in [1.807, 2.05) is 34.5 Å². The molecule has 172 valence electrons. The summed E-state index contributed by atoms with van der Waals surface area (Å²) >= 11 is 1.60. The van der Waals surface area contributed by atoms with Crippen LogP contribution in [-0.2, 0) is 0 Å². The van der Waals surface area contributed by atoms with Crippen molar-refractivity contribution in [2.45, 2.75) is 26.3 Å². The quantitative estimate of drug-likeness (QED) is 0.441. The van der Waals surface area contributed by atoms with Crippen LogP contribution < -0.4 is 5.32 Å². The summed E-state index contributed by atoms with van der Waals surface area (Å²) in [6, 6.07) is 15.6. The average Bonchev–Trinajstić information content (AvgIpc) is 3.16. The van der Waals surface area contributed by atoms with Crippen LogP contribution in [0.2, 0.25) is 0 Å². The van der Waals surface area contributed by atoms with Crippen LogP contribution >= 0.6 is 11.3 Å². The highest BCUT2D eigenvalue weighted by Crippen LogP contribution is 2.50. The first-order valence-electron chi connectivity index (χ1n) is 11.6. The third-order valence-corrected chi connectivity index (χ3v) is 7.94. The van der Waals surface area contributed by atoms with Crippen LogP contribution in [0, 0.1) is 25.7 Å². The first kappa shape index (κ1) is 21.1. The normalized spacial score (nSPS) is 21.0. The fourth-order valence-electron chi connectivity index (χ4n) is 5.24. The molecule has 1 saturated carbocycles. The number of piperidine rings is 1. The van der Waals surface area contributed by atoms with Gasteiger partial charge in [0.2, 0.25) is 0 Å². The number of likely N-dealkylation sites (tertiary alicyclic amines) is 1. The summed E-state index contributed by atoms with van der Waals surface area (Å²) in [4.78, 5) is 34.0. The van der Waals surface area contributed by atoms with Crippen molar-refractivity contribution in [3.63, 3.8) is 0 Å². The number of carbonyl (C=O) groups is 2.